The van der Waals surface area contributed by atoms with Crippen LogP contribution in [-0.2, 0) is 9.59 Å². The number of rotatable bonds is 4. The van der Waals surface area contributed by atoms with E-state index in [1.165, 1.54) is 12.1 Å². The lowest BCUT2D eigenvalue weighted by atomic mass is 10.2. The molecule has 26 heavy (non-hydrogen) atoms. The number of hydrogen-bond acceptors (Lipinski definition) is 5. The Kier molecular flexibility index (Phi) is 5.09. The molecule has 0 aromatic heterocycles. The second-order valence-electron chi connectivity index (χ2n) is 5.74. The molecule has 0 aliphatic carbocycles. The number of benzene rings is 2. The zero-order valence-corrected chi connectivity index (χ0v) is 14.7. The van der Waals surface area contributed by atoms with Crippen LogP contribution in [0.3, 0.4) is 0 Å². The van der Waals surface area contributed by atoms with E-state index in [2.05, 4.69) is 5.32 Å². The predicted molar refractivity (Wildman–Crippen MR) is 101 cm³/mol. The predicted octanol–water partition coefficient (Wildman–Crippen LogP) is 3.38. The summed E-state index contributed by atoms with van der Waals surface area (Å²) >= 11 is 0.743. The van der Waals surface area contributed by atoms with Crippen LogP contribution in [0.15, 0.2) is 53.4 Å². The van der Waals surface area contributed by atoms with E-state index in [-0.39, 0.29) is 17.2 Å². The molecule has 6 nitrogen and oxygen atoms in total. The normalized spacial score (nSPS) is 15.6. The van der Waals surface area contributed by atoms with Crippen LogP contribution in [0.4, 0.5) is 10.5 Å². The van der Waals surface area contributed by atoms with E-state index in [4.69, 9.17) is 0 Å². The van der Waals surface area contributed by atoms with Crippen LogP contribution in [0.1, 0.15) is 11.1 Å². The lowest BCUT2D eigenvalue weighted by Crippen LogP contribution is -2.36. The molecule has 1 heterocycles. The Morgan fingerprint density at radius 1 is 1.15 bits per heavy atom. The fraction of sp³-hybridized carbons (Fsp3) is 0.105. The van der Waals surface area contributed by atoms with Crippen molar-refractivity contribution in [1.29, 1.82) is 0 Å². The number of anilines is 1. The number of thioether (sulfide) groups is 1. The minimum absolute atomic E-state index is 0.0106. The highest BCUT2D eigenvalue weighted by Crippen LogP contribution is 2.33. The van der Waals surface area contributed by atoms with Crippen LogP contribution in [-0.4, -0.2) is 33.6 Å². The molecule has 1 aliphatic rings. The van der Waals surface area contributed by atoms with Gasteiger partial charge in [0.2, 0.25) is 5.91 Å². The summed E-state index contributed by atoms with van der Waals surface area (Å²) in [7, 11) is 0. The monoisotopic (exact) mass is 368 g/mol. The first-order valence-corrected chi connectivity index (χ1v) is 8.65. The van der Waals surface area contributed by atoms with Gasteiger partial charge in [0.05, 0.1) is 4.91 Å². The summed E-state index contributed by atoms with van der Waals surface area (Å²) < 4.78 is 0. The maximum absolute atomic E-state index is 12.4. The van der Waals surface area contributed by atoms with Crippen molar-refractivity contribution in [3.8, 4) is 5.75 Å². The van der Waals surface area contributed by atoms with Gasteiger partial charge in [-0.05, 0) is 43.0 Å². The Morgan fingerprint density at radius 2 is 1.85 bits per heavy atom. The topological polar surface area (TPSA) is 86.7 Å². The number of nitrogens with zero attached hydrogens (tertiary/aromatic N) is 1. The molecule has 0 bridgehead atoms. The van der Waals surface area contributed by atoms with Crippen LogP contribution in [0.5, 0.6) is 5.75 Å². The number of phenols is 1. The van der Waals surface area contributed by atoms with E-state index in [0.717, 1.165) is 22.2 Å². The number of carbonyl (C=O) groups is 3. The molecule has 0 radical (unpaired) electrons. The van der Waals surface area contributed by atoms with Crippen molar-refractivity contribution in [2.75, 3.05) is 11.9 Å². The Hall–Kier alpha value is -3.06. The van der Waals surface area contributed by atoms with Gasteiger partial charge in [-0.1, -0.05) is 35.9 Å². The molecule has 2 N–H and O–H groups in total. The lowest BCUT2D eigenvalue weighted by molar-refractivity contribution is -0.127. The zero-order chi connectivity index (χ0) is 18.7. The first kappa shape index (κ1) is 17.8. The van der Waals surface area contributed by atoms with E-state index in [1.54, 1.807) is 30.3 Å². The largest absolute Gasteiger partial charge is 0.507 e. The number of para-hydroxylation sites is 1. The fourth-order valence-corrected chi connectivity index (χ4v) is 3.20. The maximum atomic E-state index is 12.4. The average Bonchev–Trinajstić information content (AvgIpc) is 2.86. The highest BCUT2D eigenvalue weighted by molar-refractivity contribution is 8.18. The number of hydrogen-bond donors (Lipinski definition) is 2. The molecule has 1 fully saturated rings. The quantitative estimate of drug-likeness (QED) is 0.808. The smallest absolute Gasteiger partial charge is 0.294 e. The SMILES string of the molecule is Cc1ccc(NC(=O)CN2C(=O)S/C(=C/c3ccccc3O)C2=O)cc1. The molecule has 0 spiro atoms. The minimum Gasteiger partial charge on any atom is -0.507 e. The molecule has 3 amide bonds. The first-order valence-electron chi connectivity index (χ1n) is 7.84. The number of nitrogens with one attached hydrogen (secondary N) is 1. The highest BCUT2D eigenvalue weighted by Gasteiger charge is 2.36. The average molecular weight is 368 g/mol. The van der Waals surface area contributed by atoms with Crippen molar-refractivity contribution in [3.05, 3.63) is 64.6 Å². The van der Waals surface area contributed by atoms with Crippen LogP contribution in [0.25, 0.3) is 6.08 Å². The maximum Gasteiger partial charge on any atom is 0.294 e. The molecule has 132 valence electrons. The number of amides is 3. The van der Waals surface area contributed by atoms with Crippen molar-refractivity contribution >= 4 is 40.6 Å². The zero-order valence-electron chi connectivity index (χ0n) is 13.9. The number of phenolic OH excluding ortho intramolecular Hbond substituents is 1. The highest BCUT2D eigenvalue weighted by atomic mass is 32.2. The molecular formula is C19H16N2O4S. The van der Waals surface area contributed by atoms with Crippen LogP contribution >= 0.6 is 11.8 Å². The number of aromatic hydroxyl groups is 1. The Balaban J connectivity index is 1.70. The Bertz CT molecular complexity index is 906. The Morgan fingerprint density at radius 3 is 2.54 bits per heavy atom. The van der Waals surface area contributed by atoms with Crippen LogP contribution < -0.4 is 5.32 Å². The van der Waals surface area contributed by atoms with Crippen molar-refractivity contribution in [3.63, 3.8) is 0 Å². The van der Waals surface area contributed by atoms with Crippen molar-refractivity contribution < 1.29 is 19.5 Å². The summed E-state index contributed by atoms with van der Waals surface area (Å²) in [6.45, 7) is 1.57. The third-order valence-electron chi connectivity index (χ3n) is 3.73. The molecule has 2 aromatic rings. The molecular weight excluding hydrogens is 352 g/mol. The van der Waals surface area contributed by atoms with E-state index in [1.807, 2.05) is 19.1 Å². The molecule has 1 aliphatic heterocycles. The lowest BCUT2D eigenvalue weighted by Gasteiger charge is -2.12. The van der Waals surface area contributed by atoms with Crippen molar-refractivity contribution in [2.24, 2.45) is 0 Å². The second kappa shape index (κ2) is 7.45. The van der Waals surface area contributed by atoms with Crippen LogP contribution in [0.2, 0.25) is 0 Å². The van der Waals surface area contributed by atoms with Crippen LogP contribution in [0, 0.1) is 6.92 Å². The third-order valence-corrected chi connectivity index (χ3v) is 4.64. The first-order chi connectivity index (χ1) is 12.4. The van der Waals surface area contributed by atoms with Crippen molar-refractivity contribution in [2.45, 2.75) is 6.92 Å². The third kappa shape index (κ3) is 3.94. The van der Waals surface area contributed by atoms with Gasteiger partial charge in [0.15, 0.2) is 0 Å². The van der Waals surface area contributed by atoms with Gasteiger partial charge in [-0.2, -0.15) is 0 Å². The Labute approximate surface area is 154 Å². The van der Waals surface area contributed by atoms with Gasteiger partial charge < -0.3 is 10.4 Å². The molecule has 0 unspecified atom stereocenters. The molecule has 0 atom stereocenters. The standard InChI is InChI=1S/C19H16N2O4S/c1-12-6-8-14(9-7-12)20-17(23)11-21-18(24)16(26-19(21)25)10-13-4-2-3-5-15(13)22/h2-10,22H,11H2,1H3,(H,20,23)/b16-10+. The molecule has 0 saturated carbocycles. The molecule has 2 aromatic carbocycles. The van der Waals surface area contributed by atoms with Gasteiger partial charge in [0.1, 0.15) is 12.3 Å². The fourth-order valence-electron chi connectivity index (χ4n) is 2.37. The second-order valence-corrected chi connectivity index (χ2v) is 6.73. The van der Waals surface area contributed by atoms with Gasteiger partial charge in [0.25, 0.3) is 11.1 Å². The number of carbonyl (C=O) groups excluding carboxylic acids is 3. The molecule has 3 rings (SSSR count). The van der Waals surface area contributed by atoms with Gasteiger partial charge in [-0.3, -0.25) is 19.3 Å². The summed E-state index contributed by atoms with van der Waals surface area (Å²) in [5.74, 6) is -1.00. The summed E-state index contributed by atoms with van der Waals surface area (Å²) in [5.41, 5.74) is 2.09. The summed E-state index contributed by atoms with van der Waals surface area (Å²) in [6.07, 6.45) is 1.44. The van der Waals surface area contributed by atoms with Crippen molar-refractivity contribution in [1.82, 2.24) is 4.90 Å². The van der Waals surface area contributed by atoms with Gasteiger partial charge in [0, 0.05) is 11.3 Å². The van der Waals surface area contributed by atoms with Gasteiger partial charge in [-0.25, -0.2) is 0 Å². The summed E-state index contributed by atoms with van der Waals surface area (Å²) in [4.78, 5) is 37.7. The summed E-state index contributed by atoms with van der Waals surface area (Å²) in [6, 6.07) is 13.7. The number of aryl methyl sites for hydroxylation is 1. The molecule has 7 heteroatoms. The van der Waals surface area contributed by atoms with E-state index < -0.39 is 17.1 Å². The summed E-state index contributed by atoms with van der Waals surface area (Å²) in [5, 5.41) is 11.9. The van der Waals surface area contributed by atoms with Gasteiger partial charge >= 0.3 is 0 Å². The van der Waals surface area contributed by atoms with E-state index >= 15 is 0 Å². The minimum atomic E-state index is -0.553. The van der Waals surface area contributed by atoms with Gasteiger partial charge in [-0.15, -0.1) is 0 Å². The molecule has 1 saturated heterocycles. The number of imide groups is 1. The van der Waals surface area contributed by atoms with E-state index in [9.17, 15) is 19.5 Å². The van der Waals surface area contributed by atoms with E-state index in [0.29, 0.717) is 11.3 Å².